The molecule has 8 nitrogen and oxygen atoms in total. The second-order valence-corrected chi connectivity index (χ2v) is 8.51. The van der Waals surface area contributed by atoms with Gasteiger partial charge in [-0.1, -0.05) is 30.4 Å². The number of nitrogens with zero attached hydrogens (tertiary/aromatic N) is 2. The lowest BCUT2D eigenvalue weighted by Crippen LogP contribution is -2.33. The first-order chi connectivity index (χ1) is 18.4. The summed E-state index contributed by atoms with van der Waals surface area (Å²) >= 11 is 0. The Morgan fingerprint density at radius 2 is 1.95 bits per heavy atom. The van der Waals surface area contributed by atoms with Crippen LogP contribution in [0.2, 0.25) is 0 Å². The van der Waals surface area contributed by atoms with Crippen molar-refractivity contribution >= 4 is 35.2 Å². The van der Waals surface area contributed by atoms with Crippen LogP contribution in [0.4, 0.5) is 14.5 Å². The Balaban J connectivity index is 1.22. The number of amides is 2. The monoisotopic (exact) mass is 513 g/mol. The number of anilines is 1. The van der Waals surface area contributed by atoms with Crippen molar-refractivity contribution in [2.45, 2.75) is 6.54 Å². The molecule has 3 heterocycles. The van der Waals surface area contributed by atoms with Crippen molar-refractivity contribution < 1.29 is 18.4 Å². The lowest BCUT2D eigenvalue weighted by atomic mass is 10.0. The molecule has 0 saturated carbocycles. The van der Waals surface area contributed by atoms with E-state index in [1.54, 1.807) is 36.7 Å². The Labute approximate surface area is 215 Å². The van der Waals surface area contributed by atoms with Crippen LogP contribution >= 0.6 is 0 Å². The molecule has 2 aromatic heterocycles. The highest BCUT2D eigenvalue weighted by Gasteiger charge is 2.24. The molecule has 0 bridgehead atoms. The van der Waals surface area contributed by atoms with Crippen LogP contribution in [0.1, 0.15) is 32.9 Å². The summed E-state index contributed by atoms with van der Waals surface area (Å²) in [5.74, 6) is -2.18. The molecule has 0 spiro atoms. The van der Waals surface area contributed by atoms with Crippen molar-refractivity contribution in [1.82, 2.24) is 19.9 Å². The van der Waals surface area contributed by atoms with Gasteiger partial charge < -0.3 is 20.2 Å². The van der Waals surface area contributed by atoms with E-state index in [9.17, 15) is 23.2 Å². The van der Waals surface area contributed by atoms with Crippen LogP contribution in [0.25, 0.3) is 17.7 Å². The molecule has 2 amide bonds. The number of fused-ring (bicyclic) bond motifs is 1. The van der Waals surface area contributed by atoms with E-state index < -0.39 is 23.1 Å². The van der Waals surface area contributed by atoms with E-state index in [1.807, 2.05) is 18.2 Å². The minimum Gasteiger partial charge on any atom is -0.348 e. The van der Waals surface area contributed by atoms with Crippen molar-refractivity contribution in [1.29, 1.82) is 0 Å². The number of benzene rings is 2. The van der Waals surface area contributed by atoms with Gasteiger partial charge in [0, 0.05) is 36.4 Å². The summed E-state index contributed by atoms with van der Waals surface area (Å²) in [4.78, 5) is 44.8. The van der Waals surface area contributed by atoms with E-state index in [1.165, 1.54) is 22.9 Å². The Morgan fingerprint density at radius 1 is 1.08 bits per heavy atom. The van der Waals surface area contributed by atoms with Crippen molar-refractivity contribution in [2.24, 2.45) is 0 Å². The predicted octanol–water partition coefficient (Wildman–Crippen LogP) is 3.83. The van der Waals surface area contributed by atoms with E-state index in [2.05, 4.69) is 20.6 Å². The van der Waals surface area contributed by atoms with Crippen molar-refractivity contribution in [3.8, 4) is 0 Å². The van der Waals surface area contributed by atoms with Gasteiger partial charge in [0.05, 0.1) is 12.1 Å². The molecule has 38 heavy (non-hydrogen) atoms. The molecular formula is C28H21F2N5O3. The molecule has 4 aromatic rings. The maximum absolute atomic E-state index is 13.5. The summed E-state index contributed by atoms with van der Waals surface area (Å²) in [5.41, 5.74) is 2.53. The Bertz CT molecular complexity index is 1660. The SMILES string of the molecule is O=C1Nc2cc(C=CCNC(=O)c3cccn(Cc4ccc(F)c(F)c4)c3=O)ccc2/C1=C/c1ncc[nH]1. The minimum atomic E-state index is -1.01. The standard InChI is InChI=1S/C28H21F2N5O3/c29-22-8-6-18(13-23(22)30)16-35-12-2-4-20(28(35)38)26(36)33-9-1-3-17-5-7-19-21(15-25-31-10-11-32-25)27(37)34-24(19)14-17/h1-8,10-15H,9,16H2,(H,31,32)(H,33,36)(H,34,37)/b3-1?,21-15-. The number of hydrogen-bond donors (Lipinski definition) is 3. The van der Waals surface area contributed by atoms with Gasteiger partial charge in [-0.2, -0.15) is 0 Å². The predicted molar refractivity (Wildman–Crippen MR) is 139 cm³/mol. The zero-order chi connectivity index (χ0) is 26.6. The minimum absolute atomic E-state index is 0.00958. The third kappa shape index (κ3) is 5.19. The summed E-state index contributed by atoms with van der Waals surface area (Å²) < 4.78 is 27.9. The number of rotatable bonds is 7. The van der Waals surface area contributed by atoms with E-state index >= 15 is 0 Å². The Hall–Kier alpha value is -5.12. The van der Waals surface area contributed by atoms with Crippen LogP contribution in [0.15, 0.2) is 78.0 Å². The molecule has 1 aliphatic heterocycles. The molecule has 190 valence electrons. The zero-order valence-electron chi connectivity index (χ0n) is 19.9. The van der Waals surface area contributed by atoms with Crippen molar-refractivity contribution in [3.05, 3.63) is 123 Å². The van der Waals surface area contributed by atoms with Crippen LogP contribution < -0.4 is 16.2 Å². The molecule has 0 unspecified atom stereocenters. The van der Waals surface area contributed by atoms with Gasteiger partial charge in [-0.25, -0.2) is 13.8 Å². The van der Waals surface area contributed by atoms with Crippen LogP contribution in [-0.4, -0.2) is 32.9 Å². The quantitative estimate of drug-likeness (QED) is 0.326. The van der Waals surface area contributed by atoms with Gasteiger partial charge in [-0.3, -0.25) is 14.4 Å². The van der Waals surface area contributed by atoms with E-state index in [0.29, 0.717) is 22.6 Å². The van der Waals surface area contributed by atoms with Crippen molar-refractivity contribution in [2.75, 3.05) is 11.9 Å². The first-order valence-electron chi connectivity index (χ1n) is 11.6. The van der Waals surface area contributed by atoms with Gasteiger partial charge in [-0.15, -0.1) is 0 Å². The van der Waals surface area contributed by atoms with Crippen LogP contribution in [0, 0.1) is 11.6 Å². The smallest absolute Gasteiger partial charge is 0.263 e. The van der Waals surface area contributed by atoms with Gasteiger partial charge in [0.1, 0.15) is 11.4 Å². The first-order valence-corrected chi connectivity index (χ1v) is 11.6. The number of imidazole rings is 1. The van der Waals surface area contributed by atoms with Crippen molar-refractivity contribution in [3.63, 3.8) is 0 Å². The molecule has 1 aliphatic rings. The fraction of sp³-hybridized carbons (Fsp3) is 0.0714. The second kappa shape index (κ2) is 10.5. The number of halogens is 2. The molecule has 0 aliphatic carbocycles. The molecule has 0 radical (unpaired) electrons. The molecule has 3 N–H and O–H groups in total. The summed E-state index contributed by atoms with van der Waals surface area (Å²) in [6.07, 6.45) is 9.95. The number of nitrogens with one attached hydrogen (secondary N) is 3. The molecule has 0 saturated heterocycles. The maximum atomic E-state index is 13.5. The largest absolute Gasteiger partial charge is 0.348 e. The average molecular weight is 514 g/mol. The molecule has 2 aromatic carbocycles. The van der Waals surface area contributed by atoms with E-state index in [-0.39, 0.29) is 24.6 Å². The van der Waals surface area contributed by atoms with Crippen LogP contribution in [0.3, 0.4) is 0 Å². The highest BCUT2D eigenvalue weighted by Crippen LogP contribution is 2.33. The summed E-state index contributed by atoms with van der Waals surface area (Å²) in [6, 6.07) is 11.8. The Kier molecular flexibility index (Phi) is 6.77. The highest BCUT2D eigenvalue weighted by atomic mass is 19.2. The van der Waals surface area contributed by atoms with E-state index in [0.717, 1.165) is 23.3 Å². The number of H-pyrrole nitrogens is 1. The van der Waals surface area contributed by atoms with Crippen LogP contribution in [-0.2, 0) is 11.3 Å². The van der Waals surface area contributed by atoms with Gasteiger partial charge in [-0.05, 0) is 47.5 Å². The Morgan fingerprint density at radius 3 is 2.74 bits per heavy atom. The summed E-state index contributed by atoms with van der Waals surface area (Å²) in [6.45, 7) is 0.147. The second-order valence-electron chi connectivity index (χ2n) is 8.51. The van der Waals surface area contributed by atoms with E-state index in [4.69, 9.17) is 0 Å². The number of aromatic amines is 1. The molecule has 0 fully saturated rings. The number of carbonyl (C=O) groups is 2. The lowest BCUT2D eigenvalue weighted by Gasteiger charge is -2.09. The third-order valence-corrected chi connectivity index (χ3v) is 5.92. The van der Waals surface area contributed by atoms with Gasteiger partial charge >= 0.3 is 0 Å². The number of hydrogen-bond acceptors (Lipinski definition) is 4. The molecule has 5 rings (SSSR count). The first kappa shape index (κ1) is 24.6. The normalized spacial score (nSPS) is 13.6. The highest BCUT2D eigenvalue weighted by molar-refractivity contribution is 6.34. The fourth-order valence-electron chi connectivity index (χ4n) is 4.06. The number of carbonyl (C=O) groups excluding carboxylic acids is 2. The molecular weight excluding hydrogens is 492 g/mol. The lowest BCUT2D eigenvalue weighted by molar-refractivity contribution is -0.110. The molecule has 0 atom stereocenters. The van der Waals surface area contributed by atoms with Gasteiger partial charge in [0.25, 0.3) is 17.4 Å². The zero-order valence-corrected chi connectivity index (χ0v) is 19.9. The average Bonchev–Trinajstić information content (AvgIpc) is 3.53. The fourth-order valence-corrected chi connectivity index (χ4v) is 4.06. The van der Waals surface area contributed by atoms with Gasteiger partial charge in [0.2, 0.25) is 0 Å². The van der Waals surface area contributed by atoms with Crippen LogP contribution in [0.5, 0.6) is 0 Å². The third-order valence-electron chi connectivity index (χ3n) is 5.92. The summed E-state index contributed by atoms with van der Waals surface area (Å²) in [5, 5.41) is 5.51. The maximum Gasteiger partial charge on any atom is 0.263 e. The number of aromatic nitrogens is 3. The number of pyridine rings is 1. The molecule has 10 heteroatoms. The van der Waals surface area contributed by atoms with Gasteiger partial charge in [0.15, 0.2) is 11.6 Å². The summed E-state index contributed by atoms with van der Waals surface area (Å²) in [7, 11) is 0. The topological polar surface area (TPSA) is 109 Å².